The molecule has 6 heteroatoms. The van der Waals surface area contributed by atoms with Gasteiger partial charge in [-0.3, -0.25) is 9.36 Å². The van der Waals surface area contributed by atoms with Gasteiger partial charge in [0.25, 0.3) is 5.56 Å². The summed E-state index contributed by atoms with van der Waals surface area (Å²) in [6.45, 7) is 2.94. The van der Waals surface area contributed by atoms with E-state index in [9.17, 15) is 4.79 Å². The van der Waals surface area contributed by atoms with E-state index in [2.05, 4.69) is 0 Å². The molecule has 0 saturated carbocycles. The van der Waals surface area contributed by atoms with Crippen LogP contribution in [0.1, 0.15) is 6.92 Å². The van der Waals surface area contributed by atoms with Crippen LogP contribution in [0.2, 0.25) is 0 Å². The molecule has 1 aromatic heterocycles. The Bertz CT molecular complexity index is 1190. The molecule has 30 heavy (non-hydrogen) atoms. The van der Waals surface area contributed by atoms with Crippen molar-refractivity contribution in [3.05, 3.63) is 89.2 Å². The van der Waals surface area contributed by atoms with E-state index in [1.54, 1.807) is 10.6 Å². The number of ether oxygens (including phenoxy) is 2. The molecule has 0 spiro atoms. The molecule has 0 aliphatic carbocycles. The maximum absolute atomic E-state index is 13.4. The van der Waals surface area contributed by atoms with Crippen molar-refractivity contribution in [3.8, 4) is 17.2 Å². The van der Waals surface area contributed by atoms with Crippen LogP contribution in [0.15, 0.2) is 88.8 Å². The number of fused-ring (bicyclic) bond motifs is 1. The molecule has 0 unspecified atom stereocenters. The van der Waals surface area contributed by atoms with Crippen molar-refractivity contribution in [1.82, 2.24) is 9.55 Å². The highest BCUT2D eigenvalue weighted by molar-refractivity contribution is 7.99. The Hall–Kier alpha value is -3.25. The molecule has 0 saturated heterocycles. The topological polar surface area (TPSA) is 53.4 Å². The van der Waals surface area contributed by atoms with Gasteiger partial charge in [-0.1, -0.05) is 54.2 Å². The summed E-state index contributed by atoms with van der Waals surface area (Å²) in [6.07, 6.45) is 0. The second kappa shape index (κ2) is 9.50. The third kappa shape index (κ3) is 4.33. The first-order chi connectivity index (χ1) is 14.8. The summed E-state index contributed by atoms with van der Waals surface area (Å²) < 4.78 is 13.2. The number of para-hydroxylation sites is 4. The quantitative estimate of drug-likeness (QED) is 0.230. The minimum atomic E-state index is -0.112. The highest BCUT2D eigenvalue weighted by Crippen LogP contribution is 2.27. The molecule has 4 aromatic rings. The molecule has 0 aliphatic heterocycles. The SMILES string of the molecule is CCOc1ccccc1-n1c(SCCOc2ccccc2)nc2ccccc2c1=O. The molecule has 0 atom stereocenters. The summed E-state index contributed by atoms with van der Waals surface area (Å²) in [5.41, 5.74) is 1.26. The van der Waals surface area contributed by atoms with Crippen LogP contribution in [0.5, 0.6) is 11.5 Å². The third-order valence-corrected chi connectivity index (χ3v) is 5.38. The van der Waals surface area contributed by atoms with Gasteiger partial charge >= 0.3 is 0 Å². The fourth-order valence-corrected chi connectivity index (χ4v) is 3.97. The van der Waals surface area contributed by atoms with E-state index in [0.717, 1.165) is 5.75 Å². The van der Waals surface area contributed by atoms with Gasteiger partial charge in [-0.05, 0) is 43.3 Å². The van der Waals surface area contributed by atoms with E-state index in [4.69, 9.17) is 14.5 Å². The van der Waals surface area contributed by atoms with Crippen LogP contribution in [0.4, 0.5) is 0 Å². The van der Waals surface area contributed by atoms with Gasteiger partial charge in [0.15, 0.2) is 5.16 Å². The lowest BCUT2D eigenvalue weighted by Crippen LogP contribution is -2.22. The van der Waals surface area contributed by atoms with Gasteiger partial charge in [0.05, 0.1) is 29.8 Å². The molecule has 0 N–H and O–H groups in total. The Morgan fingerprint density at radius 3 is 2.47 bits per heavy atom. The van der Waals surface area contributed by atoms with Crippen molar-refractivity contribution in [2.75, 3.05) is 19.0 Å². The molecule has 0 bridgehead atoms. The van der Waals surface area contributed by atoms with Crippen molar-refractivity contribution < 1.29 is 9.47 Å². The molecule has 5 nitrogen and oxygen atoms in total. The molecule has 0 fully saturated rings. The molecule has 0 aliphatic rings. The maximum Gasteiger partial charge on any atom is 0.266 e. The van der Waals surface area contributed by atoms with Crippen LogP contribution in [0.25, 0.3) is 16.6 Å². The van der Waals surface area contributed by atoms with Gasteiger partial charge in [0.1, 0.15) is 11.5 Å². The molecule has 152 valence electrons. The lowest BCUT2D eigenvalue weighted by Gasteiger charge is -2.16. The summed E-state index contributed by atoms with van der Waals surface area (Å²) in [5.74, 6) is 2.13. The second-order valence-electron chi connectivity index (χ2n) is 6.46. The van der Waals surface area contributed by atoms with Crippen molar-refractivity contribution >= 4 is 22.7 Å². The Labute approximate surface area is 179 Å². The summed E-state index contributed by atoms with van der Waals surface area (Å²) >= 11 is 1.49. The maximum atomic E-state index is 13.4. The van der Waals surface area contributed by atoms with Gasteiger partial charge in [-0.2, -0.15) is 0 Å². The number of aromatic nitrogens is 2. The van der Waals surface area contributed by atoms with E-state index in [1.165, 1.54) is 11.8 Å². The summed E-state index contributed by atoms with van der Waals surface area (Å²) in [5, 5.41) is 1.19. The van der Waals surface area contributed by atoms with Crippen molar-refractivity contribution in [2.24, 2.45) is 0 Å². The summed E-state index contributed by atoms with van der Waals surface area (Å²) in [6, 6.07) is 24.6. The van der Waals surface area contributed by atoms with Crippen molar-refractivity contribution in [1.29, 1.82) is 0 Å². The van der Waals surface area contributed by atoms with Gasteiger partial charge in [-0.25, -0.2) is 4.98 Å². The monoisotopic (exact) mass is 418 g/mol. The fourth-order valence-electron chi connectivity index (χ4n) is 3.15. The minimum Gasteiger partial charge on any atom is -0.493 e. The first-order valence-electron chi connectivity index (χ1n) is 9.82. The highest BCUT2D eigenvalue weighted by atomic mass is 32.2. The predicted molar refractivity (Wildman–Crippen MR) is 121 cm³/mol. The lowest BCUT2D eigenvalue weighted by molar-refractivity contribution is 0.338. The predicted octanol–water partition coefficient (Wildman–Crippen LogP) is 4.96. The van der Waals surface area contributed by atoms with Crippen LogP contribution in [0, 0.1) is 0 Å². The Morgan fingerprint density at radius 1 is 0.900 bits per heavy atom. The molecule has 0 amide bonds. The zero-order valence-electron chi connectivity index (χ0n) is 16.7. The smallest absolute Gasteiger partial charge is 0.266 e. The molecule has 0 radical (unpaired) electrons. The first kappa shape index (κ1) is 20.0. The van der Waals surface area contributed by atoms with E-state index < -0.39 is 0 Å². The molecule has 4 rings (SSSR count). The number of rotatable bonds is 8. The number of nitrogens with zero attached hydrogens (tertiary/aromatic N) is 2. The average molecular weight is 419 g/mol. The summed E-state index contributed by atoms with van der Waals surface area (Å²) in [7, 11) is 0. The van der Waals surface area contributed by atoms with E-state index in [0.29, 0.717) is 46.5 Å². The van der Waals surface area contributed by atoms with Gasteiger partial charge in [0, 0.05) is 5.75 Å². The lowest BCUT2D eigenvalue weighted by atomic mass is 10.2. The Balaban J connectivity index is 1.69. The van der Waals surface area contributed by atoms with Crippen LogP contribution in [-0.4, -0.2) is 28.5 Å². The average Bonchev–Trinajstić information content (AvgIpc) is 2.79. The summed E-state index contributed by atoms with van der Waals surface area (Å²) in [4.78, 5) is 18.2. The largest absolute Gasteiger partial charge is 0.493 e. The molecular formula is C24H22N2O3S. The van der Waals surface area contributed by atoms with E-state index in [-0.39, 0.29) is 5.56 Å². The van der Waals surface area contributed by atoms with E-state index in [1.807, 2.05) is 79.7 Å². The van der Waals surface area contributed by atoms with Gasteiger partial charge in [-0.15, -0.1) is 0 Å². The molecule has 1 heterocycles. The van der Waals surface area contributed by atoms with Crippen LogP contribution in [0.3, 0.4) is 0 Å². The number of thioether (sulfide) groups is 1. The third-order valence-electron chi connectivity index (χ3n) is 4.48. The highest BCUT2D eigenvalue weighted by Gasteiger charge is 2.16. The number of hydrogen-bond donors (Lipinski definition) is 0. The van der Waals surface area contributed by atoms with Crippen LogP contribution < -0.4 is 15.0 Å². The molecular weight excluding hydrogens is 396 g/mol. The Morgan fingerprint density at radius 2 is 1.63 bits per heavy atom. The number of hydrogen-bond acceptors (Lipinski definition) is 5. The Kier molecular flexibility index (Phi) is 6.35. The minimum absolute atomic E-state index is 0.112. The van der Waals surface area contributed by atoms with E-state index >= 15 is 0 Å². The first-order valence-corrected chi connectivity index (χ1v) is 10.8. The second-order valence-corrected chi connectivity index (χ2v) is 7.52. The van der Waals surface area contributed by atoms with Crippen molar-refractivity contribution in [3.63, 3.8) is 0 Å². The van der Waals surface area contributed by atoms with Crippen LogP contribution >= 0.6 is 11.8 Å². The standard InChI is InChI=1S/C24H22N2O3S/c1-2-28-22-15-9-8-14-21(22)26-23(27)19-12-6-7-13-20(19)25-24(26)30-17-16-29-18-10-4-3-5-11-18/h3-15H,2,16-17H2,1H3. The zero-order chi connectivity index (χ0) is 20.8. The zero-order valence-corrected chi connectivity index (χ0v) is 17.5. The fraction of sp³-hybridized carbons (Fsp3) is 0.167. The van der Waals surface area contributed by atoms with Gasteiger partial charge < -0.3 is 9.47 Å². The number of benzene rings is 3. The molecule has 3 aromatic carbocycles. The van der Waals surface area contributed by atoms with Gasteiger partial charge in [0.2, 0.25) is 0 Å². The van der Waals surface area contributed by atoms with Crippen LogP contribution in [-0.2, 0) is 0 Å². The van der Waals surface area contributed by atoms with Crippen molar-refractivity contribution in [2.45, 2.75) is 12.1 Å². The normalized spacial score (nSPS) is 10.8.